The van der Waals surface area contributed by atoms with Gasteiger partial charge in [0.2, 0.25) is 0 Å². The summed E-state index contributed by atoms with van der Waals surface area (Å²) in [7, 11) is -4.67. The van der Waals surface area contributed by atoms with Crippen LogP contribution in [0, 0.1) is 0 Å². The Kier molecular flexibility index (Phi) is 3.11. The van der Waals surface area contributed by atoms with Crippen LogP contribution in [0.1, 0.15) is 11.1 Å². The molecule has 0 saturated carbocycles. The number of hydrogen-bond donors (Lipinski definition) is 1. The molecule has 3 nitrogen and oxygen atoms in total. The minimum Gasteiger partial charge on any atom is -0.282 e. The van der Waals surface area contributed by atoms with E-state index in [2.05, 4.69) is 6.58 Å². The molecule has 0 amide bonds. The molecule has 0 saturated heterocycles. The summed E-state index contributed by atoms with van der Waals surface area (Å²) < 4.78 is 67.2. The highest BCUT2D eigenvalue weighted by molar-refractivity contribution is 7.85. The number of benzene rings is 1. The lowest BCUT2D eigenvalue weighted by atomic mass is 10.1. The number of alkyl halides is 3. The second kappa shape index (κ2) is 3.91. The van der Waals surface area contributed by atoms with E-state index in [4.69, 9.17) is 4.55 Å². The second-order valence-corrected chi connectivity index (χ2v) is 4.39. The van der Waals surface area contributed by atoms with Crippen LogP contribution in [0.3, 0.4) is 0 Å². The molecule has 7 heteroatoms. The SMILES string of the molecule is C=Cc1cc(C(F)(F)F)cc(S(=O)(=O)O)c1. The smallest absolute Gasteiger partial charge is 0.282 e. The van der Waals surface area contributed by atoms with E-state index in [-0.39, 0.29) is 5.56 Å². The van der Waals surface area contributed by atoms with Gasteiger partial charge in [-0.2, -0.15) is 21.6 Å². The maximum atomic E-state index is 12.4. The molecule has 0 aliphatic carbocycles. The van der Waals surface area contributed by atoms with Crippen LogP contribution >= 0.6 is 0 Å². The first-order chi connectivity index (χ1) is 7.14. The van der Waals surface area contributed by atoms with E-state index in [1.807, 2.05) is 0 Å². The van der Waals surface area contributed by atoms with Crippen molar-refractivity contribution >= 4 is 16.2 Å². The Morgan fingerprint density at radius 3 is 2.19 bits per heavy atom. The van der Waals surface area contributed by atoms with E-state index in [9.17, 15) is 21.6 Å². The van der Waals surface area contributed by atoms with E-state index < -0.39 is 26.8 Å². The number of halogens is 3. The first kappa shape index (κ1) is 12.7. The number of hydrogen-bond acceptors (Lipinski definition) is 2. The van der Waals surface area contributed by atoms with Crippen molar-refractivity contribution in [1.82, 2.24) is 0 Å². The van der Waals surface area contributed by atoms with Crippen molar-refractivity contribution in [3.05, 3.63) is 35.9 Å². The van der Waals surface area contributed by atoms with Crippen molar-refractivity contribution in [2.24, 2.45) is 0 Å². The van der Waals surface area contributed by atoms with Gasteiger partial charge < -0.3 is 0 Å². The maximum absolute atomic E-state index is 12.4. The first-order valence-corrected chi connectivity index (χ1v) is 5.41. The summed E-state index contributed by atoms with van der Waals surface area (Å²) >= 11 is 0. The average molecular weight is 252 g/mol. The van der Waals surface area contributed by atoms with Gasteiger partial charge in [0.05, 0.1) is 10.5 Å². The van der Waals surface area contributed by atoms with Crippen LogP contribution in [0.25, 0.3) is 6.08 Å². The van der Waals surface area contributed by atoms with E-state index in [0.29, 0.717) is 6.07 Å². The molecule has 0 aliphatic rings. The predicted octanol–water partition coefficient (Wildman–Crippen LogP) is 2.60. The predicted molar refractivity (Wildman–Crippen MR) is 51.3 cm³/mol. The summed E-state index contributed by atoms with van der Waals surface area (Å²) in [6.07, 6.45) is -3.62. The molecule has 0 fully saturated rings. The molecule has 0 atom stereocenters. The van der Waals surface area contributed by atoms with Crippen LogP contribution in [0.2, 0.25) is 0 Å². The molecule has 0 radical (unpaired) electrons. The standard InChI is InChI=1S/C9H7F3O3S/c1-2-6-3-7(9(10,11)12)5-8(4-6)16(13,14)15/h2-5H,1H2,(H,13,14,15). The van der Waals surface area contributed by atoms with Crippen molar-refractivity contribution in [3.8, 4) is 0 Å². The highest BCUT2D eigenvalue weighted by Crippen LogP contribution is 2.31. The van der Waals surface area contributed by atoms with Crippen LogP contribution in [-0.4, -0.2) is 13.0 Å². The highest BCUT2D eigenvalue weighted by Gasteiger charge is 2.32. The van der Waals surface area contributed by atoms with E-state index in [1.165, 1.54) is 0 Å². The highest BCUT2D eigenvalue weighted by atomic mass is 32.2. The van der Waals surface area contributed by atoms with Crippen molar-refractivity contribution < 1.29 is 26.1 Å². The van der Waals surface area contributed by atoms with Crippen molar-refractivity contribution in [2.45, 2.75) is 11.1 Å². The van der Waals surface area contributed by atoms with Gasteiger partial charge in [0.15, 0.2) is 0 Å². The largest absolute Gasteiger partial charge is 0.416 e. The Labute approximate surface area is 90.0 Å². The van der Waals surface area contributed by atoms with Gasteiger partial charge in [-0.15, -0.1) is 0 Å². The Bertz CT molecular complexity index is 517. The van der Waals surface area contributed by atoms with Crippen LogP contribution in [0.5, 0.6) is 0 Å². The van der Waals surface area contributed by atoms with Crippen molar-refractivity contribution in [2.75, 3.05) is 0 Å². The Hall–Kier alpha value is -1.34. The molecule has 88 valence electrons. The van der Waals surface area contributed by atoms with E-state index in [1.54, 1.807) is 0 Å². The Morgan fingerprint density at radius 2 is 1.81 bits per heavy atom. The Morgan fingerprint density at radius 1 is 1.25 bits per heavy atom. The van der Waals surface area contributed by atoms with Crippen molar-refractivity contribution in [3.63, 3.8) is 0 Å². The van der Waals surface area contributed by atoms with Crippen LogP contribution in [0.15, 0.2) is 29.7 Å². The monoisotopic (exact) mass is 252 g/mol. The fourth-order valence-corrected chi connectivity index (χ4v) is 1.61. The lowest BCUT2D eigenvalue weighted by Gasteiger charge is -2.09. The molecule has 0 aromatic heterocycles. The van der Waals surface area contributed by atoms with Crippen LogP contribution in [0.4, 0.5) is 13.2 Å². The third-order valence-corrected chi connectivity index (χ3v) is 2.62. The molecule has 0 spiro atoms. The molecule has 1 rings (SSSR count). The summed E-state index contributed by atoms with van der Waals surface area (Å²) in [5.41, 5.74) is -1.19. The summed E-state index contributed by atoms with van der Waals surface area (Å²) in [5.74, 6) is 0. The zero-order valence-electron chi connectivity index (χ0n) is 7.82. The first-order valence-electron chi connectivity index (χ1n) is 3.97. The fraction of sp³-hybridized carbons (Fsp3) is 0.111. The van der Waals surface area contributed by atoms with Gasteiger partial charge in [-0.05, 0) is 23.8 Å². The lowest BCUT2D eigenvalue weighted by Crippen LogP contribution is -2.08. The molecule has 0 heterocycles. The van der Waals surface area contributed by atoms with Crippen molar-refractivity contribution in [1.29, 1.82) is 0 Å². The molecule has 1 N–H and O–H groups in total. The molecule has 16 heavy (non-hydrogen) atoms. The molecule has 0 unspecified atom stereocenters. The lowest BCUT2D eigenvalue weighted by molar-refractivity contribution is -0.137. The minimum absolute atomic E-state index is 0.0394. The fourth-order valence-electron chi connectivity index (χ4n) is 1.05. The average Bonchev–Trinajstić information content (AvgIpc) is 2.14. The van der Waals surface area contributed by atoms with Crippen LogP contribution in [-0.2, 0) is 16.3 Å². The maximum Gasteiger partial charge on any atom is 0.416 e. The zero-order chi connectivity index (χ0) is 12.6. The van der Waals surface area contributed by atoms with Gasteiger partial charge in [0, 0.05) is 0 Å². The van der Waals surface area contributed by atoms with Gasteiger partial charge in [-0.1, -0.05) is 12.7 Å². The molecule has 1 aromatic carbocycles. The van der Waals surface area contributed by atoms with Gasteiger partial charge in [0.1, 0.15) is 0 Å². The summed E-state index contributed by atoms with van der Waals surface area (Å²) in [6.45, 7) is 3.23. The molecule has 0 bridgehead atoms. The van der Waals surface area contributed by atoms with Gasteiger partial charge >= 0.3 is 6.18 Å². The van der Waals surface area contributed by atoms with E-state index in [0.717, 1.165) is 18.2 Å². The molecule has 1 aromatic rings. The van der Waals surface area contributed by atoms with Crippen LogP contribution < -0.4 is 0 Å². The summed E-state index contributed by atoms with van der Waals surface area (Å²) in [6, 6.07) is 2.00. The minimum atomic E-state index is -4.68. The zero-order valence-corrected chi connectivity index (χ0v) is 8.64. The third kappa shape index (κ3) is 2.83. The van der Waals surface area contributed by atoms with Gasteiger partial charge in [-0.25, -0.2) is 0 Å². The third-order valence-electron chi connectivity index (χ3n) is 1.79. The van der Waals surface area contributed by atoms with E-state index >= 15 is 0 Å². The Balaban J connectivity index is 3.51. The number of rotatable bonds is 2. The second-order valence-electron chi connectivity index (χ2n) is 2.97. The van der Waals surface area contributed by atoms with Gasteiger partial charge in [0.25, 0.3) is 10.1 Å². The van der Waals surface area contributed by atoms with Gasteiger partial charge in [-0.3, -0.25) is 4.55 Å². The molecular weight excluding hydrogens is 245 g/mol. The quantitative estimate of drug-likeness (QED) is 0.823. The molecule has 0 aliphatic heterocycles. The topological polar surface area (TPSA) is 54.4 Å². The molecular formula is C9H7F3O3S. The summed E-state index contributed by atoms with van der Waals surface area (Å²) in [5, 5.41) is 0. The summed E-state index contributed by atoms with van der Waals surface area (Å²) in [4.78, 5) is -0.808. The normalized spacial score (nSPS) is 12.5.